The van der Waals surface area contributed by atoms with E-state index < -0.39 is 0 Å². The standard InChI is InChI=1S/C16H12ClNO/c1-11-18-16(10-19-11)13-6-4-5-12(9-13)14-7-2-3-8-15(14)17/h2-10H,1H3. The molecule has 0 N–H and O–H groups in total. The molecule has 1 aromatic heterocycles. The Morgan fingerprint density at radius 3 is 2.53 bits per heavy atom. The van der Waals surface area contributed by atoms with E-state index in [9.17, 15) is 0 Å². The molecule has 3 rings (SSSR count). The van der Waals surface area contributed by atoms with E-state index in [1.54, 1.807) is 6.26 Å². The van der Waals surface area contributed by atoms with Crippen LogP contribution in [0.5, 0.6) is 0 Å². The van der Waals surface area contributed by atoms with E-state index in [4.69, 9.17) is 16.0 Å². The number of hydrogen-bond donors (Lipinski definition) is 0. The number of nitrogens with zero attached hydrogens (tertiary/aromatic N) is 1. The minimum absolute atomic E-state index is 0.665. The summed E-state index contributed by atoms with van der Waals surface area (Å²) in [6.07, 6.45) is 1.67. The van der Waals surface area contributed by atoms with E-state index in [1.165, 1.54) is 0 Å². The van der Waals surface area contributed by atoms with Crippen LogP contribution < -0.4 is 0 Å². The summed E-state index contributed by atoms with van der Waals surface area (Å²) in [5, 5.41) is 0.746. The van der Waals surface area contributed by atoms with Crippen molar-refractivity contribution in [2.75, 3.05) is 0 Å². The Morgan fingerprint density at radius 1 is 1.00 bits per heavy atom. The SMILES string of the molecule is Cc1nc(-c2cccc(-c3ccccc3Cl)c2)co1. The highest BCUT2D eigenvalue weighted by molar-refractivity contribution is 6.33. The zero-order chi connectivity index (χ0) is 13.2. The van der Waals surface area contributed by atoms with E-state index in [-0.39, 0.29) is 0 Å². The Labute approximate surface area is 116 Å². The van der Waals surface area contributed by atoms with Crippen molar-refractivity contribution in [2.45, 2.75) is 6.92 Å². The summed E-state index contributed by atoms with van der Waals surface area (Å²) in [6, 6.07) is 15.9. The third-order valence-electron chi connectivity index (χ3n) is 2.96. The van der Waals surface area contributed by atoms with Crippen molar-refractivity contribution in [3.05, 3.63) is 65.7 Å². The summed E-state index contributed by atoms with van der Waals surface area (Å²) in [7, 11) is 0. The van der Waals surface area contributed by atoms with Crippen LogP contribution in [0.15, 0.2) is 59.2 Å². The van der Waals surface area contributed by atoms with Gasteiger partial charge >= 0.3 is 0 Å². The highest BCUT2D eigenvalue weighted by Crippen LogP contribution is 2.30. The van der Waals surface area contributed by atoms with Crippen LogP contribution >= 0.6 is 11.6 Å². The fraction of sp³-hybridized carbons (Fsp3) is 0.0625. The second-order valence-corrected chi connectivity index (χ2v) is 4.72. The largest absolute Gasteiger partial charge is 0.449 e. The molecule has 0 atom stereocenters. The minimum atomic E-state index is 0.665. The van der Waals surface area contributed by atoms with Crippen molar-refractivity contribution in [1.82, 2.24) is 4.98 Å². The Morgan fingerprint density at radius 2 is 1.79 bits per heavy atom. The zero-order valence-electron chi connectivity index (χ0n) is 10.4. The quantitative estimate of drug-likeness (QED) is 0.656. The fourth-order valence-corrected chi connectivity index (χ4v) is 2.28. The van der Waals surface area contributed by atoms with Crippen LogP contribution in [0.1, 0.15) is 5.89 Å². The summed E-state index contributed by atoms with van der Waals surface area (Å²) in [6.45, 7) is 1.83. The molecule has 0 amide bonds. The first-order chi connectivity index (χ1) is 9.24. The number of benzene rings is 2. The molecule has 19 heavy (non-hydrogen) atoms. The van der Waals surface area contributed by atoms with Gasteiger partial charge in [0.25, 0.3) is 0 Å². The predicted octanol–water partition coefficient (Wildman–Crippen LogP) is 4.97. The predicted molar refractivity (Wildman–Crippen MR) is 77.1 cm³/mol. The molecule has 3 heteroatoms. The minimum Gasteiger partial charge on any atom is -0.449 e. The summed E-state index contributed by atoms with van der Waals surface area (Å²) in [5.41, 5.74) is 3.95. The topological polar surface area (TPSA) is 26.0 Å². The van der Waals surface area contributed by atoms with Gasteiger partial charge in [0, 0.05) is 23.1 Å². The van der Waals surface area contributed by atoms with E-state index in [1.807, 2.05) is 49.4 Å². The fourth-order valence-electron chi connectivity index (χ4n) is 2.04. The van der Waals surface area contributed by atoms with Gasteiger partial charge < -0.3 is 4.42 Å². The Hall–Kier alpha value is -2.06. The van der Waals surface area contributed by atoms with Gasteiger partial charge in [-0.25, -0.2) is 4.98 Å². The molecule has 1 heterocycles. The summed E-state index contributed by atoms with van der Waals surface area (Å²) in [4.78, 5) is 4.34. The van der Waals surface area contributed by atoms with Gasteiger partial charge in [-0.1, -0.05) is 48.0 Å². The summed E-state index contributed by atoms with van der Waals surface area (Å²) >= 11 is 6.23. The molecule has 2 nitrogen and oxygen atoms in total. The number of aryl methyl sites for hydroxylation is 1. The van der Waals surface area contributed by atoms with Crippen molar-refractivity contribution >= 4 is 11.6 Å². The Balaban J connectivity index is 2.08. The van der Waals surface area contributed by atoms with Crippen LogP contribution in [0.2, 0.25) is 5.02 Å². The molecular weight excluding hydrogens is 258 g/mol. The lowest BCUT2D eigenvalue weighted by Gasteiger charge is -2.05. The van der Waals surface area contributed by atoms with E-state index in [0.717, 1.165) is 27.4 Å². The first-order valence-corrected chi connectivity index (χ1v) is 6.39. The average molecular weight is 270 g/mol. The van der Waals surface area contributed by atoms with Crippen LogP contribution in [-0.4, -0.2) is 4.98 Å². The van der Waals surface area contributed by atoms with Crippen LogP contribution in [0, 0.1) is 6.92 Å². The van der Waals surface area contributed by atoms with Crippen molar-refractivity contribution < 1.29 is 4.42 Å². The van der Waals surface area contributed by atoms with Crippen LogP contribution in [-0.2, 0) is 0 Å². The maximum atomic E-state index is 6.23. The van der Waals surface area contributed by atoms with E-state index in [0.29, 0.717) is 5.89 Å². The summed E-state index contributed by atoms with van der Waals surface area (Å²) in [5.74, 6) is 0.665. The monoisotopic (exact) mass is 269 g/mol. The first-order valence-electron chi connectivity index (χ1n) is 6.01. The maximum Gasteiger partial charge on any atom is 0.191 e. The van der Waals surface area contributed by atoms with Gasteiger partial charge in [0.1, 0.15) is 12.0 Å². The molecule has 3 aromatic rings. The number of oxazole rings is 1. The van der Waals surface area contributed by atoms with Crippen molar-refractivity contribution in [1.29, 1.82) is 0 Å². The number of aromatic nitrogens is 1. The smallest absolute Gasteiger partial charge is 0.191 e. The molecule has 0 unspecified atom stereocenters. The molecular formula is C16H12ClNO. The molecule has 0 radical (unpaired) electrons. The van der Waals surface area contributed by atoms with Gasteiger partial charge in [0.2, 0.25) is 0 Å². The van der Waals surface area contributed by atoms with Crippen molar-refractivity contribution in [3.8, 4) is 22.4 Å². The van der Waals surface area contributed by atoms with Crippen LogP contribution in [0.3, 0.4) is 0 Å². The molecule has 0 spiro atoms. The molecule has 0 fully saturated rings. The third kappa shape index (κ3) is 2.40. The second-order valence-electron chi connectivity index (χ2n) is 4.31. The summed E-state index contributed by atoms with van der Waals surface area (Å²) < 4.78 is 5.25. The second kappa shape index (κ2) is 4.90. The highest BCUT2D eigenvalue weighted by atomic mass is 35.5. The van der Waals surface area contributed by atoms with Gasteiger partial charge in [-0.2, -0.15) is 0 Å². The molecule has 0 saturated heterocycles. The third-order valence-corrected chi connectivity index (χ3v) is 3.29. The van der Waals surface area contributed by atoms with Gasteiger partial charge in [0.15, 0.2) is 5.89 Å². The van der Waals surface area contributed by atoms with E-state index >= 15 is 0 Å². The lowest BCUT2D eigenvalue weighted by Crippen LogP contribution is -1.82. The van der Waals surface area contributed by atoms with E-state index in [2.05, 4.69) is 11.1 Å². The maximum absolute atomic E-state index is 6.23. The lowest BCUT2D eigenvalue weighted by molar-refractivity contribution is 0.521. The molecule has 0 aliphatic heterocycles. The Kier molecular flexibility index (Phi) is 3.10. The molecule has 0 bridgehead atoms. The van der Waals surface area contributed by atoms with Crippen LogP contribution in [0.4, 0.5) is 0 Å². The number of rotatable bonds is 2. The lowest BCUT2D eigenvalue weighted by atomic mass is 10.0. The van der Waals surface area contributed by atoms with Gasteiger partial charge in [-0.3, -0.25) is 0 Å². The van der Waals surface area contributed by atoms with Gasteiger partial charge in [0.05, 0.1) is 0 Å². The number of hydrogen-bond acceptors (Lipinski definition) is 2. The molecule has 0 saturated carbocycles. The normalized spacial score (nSPS) is 10.6. The average Bonchev–Trinajstić information content (AvgIpc) is 2.86. The molecule has 94 valence electrons. The van der Waals surface area contributed by atoms with Gasteiger partial charge in [-0.05, 0) is 17.7 Å². The molecule has 2 aromatic carbocycles. The molecule has 0 aliphatic carbocycles. The first kappa shape index (κ1) is 12.0. The van der Waals surface area contributed by atoms with Crippen molar-refractivity contribution in [3.63, 3.8) is 0 Å². The zero-order valence-corrected chi connectivity index (χ0v) is 11.2. The van der Waals surface area contributed by atoms with Gasteiger partial charge in [-0.15, -0.1) is 0 Å². The number of halogens is 1. The molecule has 0 aliphatic rings. The van der Waals surface area contributed by atoms with Crippen LogP contribution in [0.25, 0.3) is 22.4 Å². The Bertz CT molecular complexity index is 718. The van der Waals surface area contributed by atoms with Crippen molar-refractivity contribution in [2.24, 2.45) is 0 Å². The highest BCUT2D eigenvalue weighted by Gasteiger charge is 2.07.